The summed E-state index contributed by atoms with van der Waals surface area (Å²) in [5, 5.41) is 33.0. The summed E-state index contributed by atoms with van der Waals surface area (Å²) >= 11 is 0. The van der Waals surface area contributed by atoms with Crippen molar-refractivity contribution in [1.29, 1.82) is 0 Å². The van der Waals surface area contributed by atoms with Crippen LogP contribution < -0.4 is 0 Å². The van der Waals surface area contributed by atoms with Crippen LogP contribution in [0.15, 0.2) is 11.6 Å². The molecule has 0 aromatic carbocycles. The van der Waals surface area contributed by atoms with Crippen molar-refractivity contribution in [3.05, 3.63) is 11.6 Å². The molecule has 0 amide bonds. The molecule has 0 heterocycles. The van der Waals surface area contributed by atoms with E-state index >= 15 is 0 Å². The topological polar surface area (TPSA) is 60.7 Å². The average Bonchev–Trinajstić information content (AvgIpc) is 2.99. The van der Waals surface area contributed by atoms with Crippen molar-refractivity contribution in [1.82, 2.24) is 0 Å². The highest BCUT2D eigenvalue weighted by molar-refractivity contribution is 5.28. The van der Waals surface area contributed by atoms with Gasteiger partial charge >= 0.3 is 0 Å². The van der Waals surface area contributed by atoms with Gasteiger partial charge in [0.05, 0.1) is 18.3 Å². The molecule has 0 radical (unpaired) electrons. The second-order valence-electron chi connectivity index (χ2n) is 13.1. The van der Waals surface area contributed by atoms with Crippen molar-refractivity contribution in [3.63, 3.8) is 0 Å². The highest BCUT2D eigenvalue weighted by atomic mass is 16.3. The van der Waals surface area contributed by atoms with E-state index in [0.717, 1.165) is 43.9 Å². The minimum atomic E-state index is -0.426. The first-order chi connectivity index (χ1) is 15.0. The first-order valence-corrected chi connectivity index (χ1v) is 13.8. The van der Waals surface area contributed by atoms with Gasteiger partial charge in [-0.2, -0.15) is 0 Å². The molecule has 3 nitrogen and oxygen atoms in total. The van der Waals surface area contributed by atoms with Gasteiger partial charge in [-0.3, -0.25) is 0 Å². The smallest absolute Gasteiger partial charge is 0.0757 e. The van der Waals surface area contributed by atoms with E-state index in [2.05, 4.69) is 47.6 Å². The normalized spacial score (nSPS) is 47.9. The molecule has 0 unspecified atom stereocenters. The van der Waals surface area contributed by atoms with Gasteiger partial charge in [-0.05, 0) is 97.2 Å². The summed E-state index contributed by atoms with van der Waals surface area (Å²) in [7, 11) is 0. The van der Waals surface area contributed by atoms with Gasteiger partial charge in [0.1, 0.15) is 0 Å². The van der Waals surface area contributed by atoms with Crippen LogP contribution in [0, 0.1) is 52.3 Å². The monoisotopic (exact) mass is 446 g/mol. The van der Waals surface area contributed by atoms with Gasteiger partial charge < -0.3 is 15.3 Å². The molecule has 0 saturated heterocycles. The standard InChI is InChI=1S/C29H50O3/c1-7-19(17(2)3)9-8-18(4)27-25(32)16-23-26-22(11-13-29(23,27)6)28(5)12-10-21(30)14-20(28)15-24(26)31/h15,17-19,21-27,30-32H,7-14,16H2,1-6H3/t18-,19-,21+,22+,23+,24+,25+,26-,27+,28+,29+/m1/s1. The number of aliphatic hydroxyl groups is 3. The third-order valence-corrected chi connectivity index (χ3v) is 11.3. The maximum Gasteiger partial charge on any atom is 0.0757 e. The van der Waals surface area contributed by atoms with Crippen molar-refractivity contribution in [2.24, 2.45) is 52.3 Å². The van der Waals surface area contributed by atoms with E-state index in [4.69, 9.17) is 0 Å². The van der Waals surface area contributed by atoms with Gasteiger partial charge in [0, 0.05) is 0 Å². The van der Waals surface area contributed by atoms with Gasteiger partial charge in [-0.1, -0.05) is 66.0 Å². The van der Waals surface area contributed by atoms with E-state index in [1.54, 1.807) is 0 Å². The number of hydrogen-bond acceptors (Lipinski definition) is 3. The van der Waals surface area contributed by atoms with E-state index in [9.17, 15) is 15.3 Å². The summed E-state index contributed by atoms with van der Waals surface area (Å²) < 4.78 is 0. The van der Waals surface area contributed by atoms with Crippen LogP contribution in [0.3, 0.4) is 0 Å². The van der Waals surface area contributed by atoms with Gasteiger partial charge in [0.15, 0.2) is 0 Å². The summed E-state index contributed by atoms with van der Waals surface area (Å²) in [6, 6.07) is 0. The molecule has 3 N–H and O–H groups in total. The maximum absolute atomic E-state index is 11.4. The molecule has 184 valence electrons. The average molecular weight is 447 g/mol. The van der Waals surface area contributed by atoms with Crippen LogP contribution in [0.5, 0.6) is 0 Å². The van der Waals surface area contributed by atoms with Crippen molar-refractivity contribution < 1.29 is 15.3 Å². The summed E-state index contributed by atoms with van der Waals surface area (Å²) in [4.78, 5) is 0. The maximum atomic E-state index is 11.4. The molecular formula is C29H50O3. The van der Waals surface area contributed by atoms with E-state index in [0.29, 0.717) is 23.7 Å². The third-order valence-electron chi connectivity index (χ3n) is 11.3. The Bertz CT molecular complexity index is 701. The number of hydrogen-bond donors (Lipinski definition) is 3. The Balaban J connectivity index is 1.56. The van der Waals surface area contributed by atoms with Gasteiger partial charge in [-0.15, -0.1) is 0 Å². The second kappa shape index (κ2) is 9.00. The van der Waals surface area contributed by atoms with E-state index < -0.39 is 6.10 Å². The first-order valence-electron chi connectivity index (χ1n) is 13.8. The Morgan fingerprint density at radius 1 is 1.00 bits per heavy atom. The first kappa shape index (κ1) is 24.7. The van der Waals surface area contributed by atoms with Crippen LogP contribution >= 0.6 is 0 Å². The molecule has 0 spiro atoms. The van der Waals surface area contributed by atoms with Crippen LogP contribution in [0.25, 0.3) is 0 Å². The summed E-state index contributed by atoms with van der Waals surface area (Å²) in [5.41, 5.74) is 1.54. The zero-order valence-electron chi connectivity index (χ0n) is 21.6. The minimum Gasteiger partial charge on any atom is -0.393 e. The van der Waals surface area contributed by atoms with Crippen LogP contribution in [-0.4, -0.2) is 33.6 Å². The molecule has 4 aliphatic carbocycles. The SMILES string of the molecule is CC[C@H](CC[C@@H](C)[C@H]1[C@@H](O)C[C@H]2[C@@H]3[C@@H](O)C=C4C[C@@H](O)CC[C@]4(C)[C@H]3CC[C@]12C)C(C)C. The number of aliphatic hydroxyl groups excluding tert-OH is 3. The van der Waals surface area contributed by atoms with Crippen LogP contribution in [-0.2, 0) is 0 Å². The molecule has 11 atom stereocenters. The third kappa shape index (κ3) is 3.93. The lowest BCUT2D eigenvalue weighted by molar-refractivity contribution is -0.0989. The molecular weight excluding hydrogens is 396 g/mol. The Labute approximate surface area is 197 Å². The fourth-order valence-corrected chi connectivity index (χ4v) is 9.38. The highest BCUT2D eigenvalue weighted by Crippen LogP contribution is 2.67. The fourth-order valence-electron chi connectivity index (χ4n) is 9.38. The number of rotatable bonds is 6. The molecule has 3 heteroatoms. The van der Waals surface area contributed by atoms with Crippen molar-refractivity contribution in [2.75, 3.05) is 0 Å². The van der Waals surface area contributed by atoms with E-state index in [-0.39, 0.29) is 29.0 Å². The fraction of sp³-hybridized carbons (Fsp3) is 0.931. The minimum absolute atomic E-state index is 0.116. The molecule has 0 aromatic rings. The van der Waals surface area contributed by atoms with Crippen molar-refractivity contribution in [2.45, 2.75) is 118 Å². The van der Waals surface area contributed by atoms with Crippen LogP contribution in [0.4, 0.5) is 0 Å². The predicted octanol–water partition coefficient (Wildman–Crippen LogP) is 5.97. The predicted molar refractivity (Wildman–Crippen MR) is 131 cm³/mol. The molecule has 3 fully saturated rings. The quantitative estimate of drug-likeness (QED) is 0.441. The molecule has 4 rings (SSSR count). The molecule has 3 saturated carbocycles. The molecule has 32 heavy (non-hydrogen) atoms. The van der Waals surface area contributed by atoms with Gasteiger partial charge in [-0.25, -0.2) is 0 Å². The number of fused-ring (bicyclic) bond motifs is 5. The Morgan fingerprint density at radius 3 is 2.38 bits per heavy atom. The van der Waals surface area contributed by atoms with Gasteiger partial charge in [0.2, 0.25) is 0 Å². The Morgan fingerprint density at radius 2 is 1.72 bits per heavy atom. The van der Waals surface area contributed by atoms with Crippen LogP contribution in [0.1, 0.15) is 99.3 Å². The zero-order chi connectivity index (χ0) is 23.4. The van der Waals surface area contributed by atoms with Crippen LogP contribution in [0.2, 0.25) is 0 Å². The Kier molecular flexibility index (Phi) is 6.96. The van der Waals surface area contributed by atoms with E-state index in [1.165, 1.54) is 31.3 Å². The zero-order valence-corrected chi connectivity index (χ0v) is 21.6. The molecule has 0 aromatic heterocycles. The van der Waals surface area contributed by atoms with Gasteiger partial charge in [0.25, 0.3) is 0 Å². The van der Waals surface area contributed by atoms with Crippen molar-refractivity contribution >= 4 is 0 Å². The largest absolute Gasteiger partial charge is 0.393 e. The molecule has 0 bridgehead atoms. The summed E-state index contributed by atoms with van der Waals surface area (Å²) in [6.45, 7) is 14.2. The molecule has 0 aliphatic heterocycles. The second-order valence-corrected chi connectivity index (χ2v) is 13.1. The molecule has 4 aliphatic rings. The summed E-state index contributed by atoms with van der Waals surface area (Å²) in [5.74, 6) is 3.51. The Hall–Kier alpha value is -0.380. The summed E-state index contributed by atoms with van der Waals surface area (Å²) in [6.07, 6.45) is 10.7. The lowest BCUT2D eigenvalue weighted by Gasteiger charge is -2.59. The van der Waals surface area contributed by atoms with E-state index in [1.807, 2.05) is 0 Å². The lowest BCUT2D eigenvalue weighted by atomic mass is 9.46. The van der Waals surface area contributed by atoms with Crippen molar-refractivity contribution in [3.8, 4) is 0 Å². The highest BCUT2D eigenvalue weighted by Gasteiger charge is 2.63. The lowest BCUT2D eigenvalue weighted by Crippen LogP contribution is -2.55.